The fourth-order valence-electron chi connectivity index (χ4n) is 2.85. The maximum absolute atomic E-state index is 14.6. The molecule has 0 radical (unpaired) electrons. The highest BCUT2D eigenvalue weighted by atomic mass is 19.4. The van der Waals surface area contributed by atoms with Gasteiger partial charge in [0.05, 0.1) is 23.9 Å². The molecule has 168 valence electrons. The number of aromatic nitrogens is 1. The van der Waals surface area contributed by atoms with Gasteiger partial charge in [-0.1, -0.05) is 0 Å². The van der Waals surface area contributed by atoms with Gasteiger partial charge in [0, 0.05) is 29.1 Å². The van der Waals surface area contributed by atoms with E-state index >= 15 is 0 Å². The number of halogens is 7. The van der Waals surface area contributed by atoms with Gasteiger partial charge < -0.3 is 10.1 Å². The zero-order valence-corrected chi connectivity index (χ0v) is 16.1. The Labute approximate surface area is 176 Å². The molecule has 0 atom stereocenters. The van der Waals surface area contributed by atoms with Crippen molar-refractivity contribution in [1.82, 2.24) is 4.98 Å². The van der Waals surface area contributed by atoms with Crippen molar-refractivity contribution < 1.29 is 40.3 Å². The summed E-state index contributed by atoms with van der Waals surface area (Å²) in [6.07, 6.45) is -8.43. The van der Waals surface area contributed by atoms with Gasteiger partial charge in [-0.25, -0.2) is 4.39 Å². The second-order valence-corrected chi connectivity index (χ2v) is 6.49. The van der Waals surface area contributed by atoms with Gasteiger partial charge in [0.2, 0.25) is 0 Å². The number of nitrogens with one attached hydrogen (secondary N) is 1. The van der Waals surface area contributed by atoms with Crippen LogP contribution in [-0.4, -0.2) is 18.0 Å². The number of hydrogen-bond donors (Lipinski definition) is 1. The minimum absolute atomic E-state index is 0.175. The third kappa shape index (κ3) is 4.98. The van der Waals surface area contributed by atoms with Crippen molar-refractivity contribution in [3.8, 4) is 17.0 Å². The van der Waals surface area contributed by atoms with Gasteiger partial charge in [0.1, 0.15) is 11.6 Å². The highest BCUT2D eigenvalue weighted by Gasteiger charge is 2.35. The Kier molecular flexibility index (Phi) is 6.11. The van der Waals surface area contributed by atoms with E-state index in [9.17, 15) is 35.5 Å². The van der Waals surface area contributed by atoms with Crippen molar-refractivity contribution in [3.63, 3.8) is 0 Å². The summed E-state index contributed by atoms with van der Waals surface area (Å²) in [4.78, 5) is 16.0. The highest BCUT2D eigenvalue weighted by Crippen LogP contribution is 2.37. The molecule has 1 amide bonds. The highest BCUT2D eigenvalue weighted by molar-refractivity contribution is 6.04. The number of nitrogens with zero attached hydrogens (tertiary/aromatic N) is 1. The summed E-state index contributed by atoms with van der Waals surface area (Å²) in [5.74, 6) is -2.32. The van der Waals surface area contributed by atoms with E-state index in [0.717, 1.165) is 49.7 Å². The second kappa shape index (κ2) is 8.48. The molecular formula is C21H13F7N2O2. The van der Waals surface area contributed by atoms with Crippen LogP contribution in [0.15, 0.2) is 54.7 Å². The summed E-state index contributed by atoms with van der Waals surface area (Å²) in [6.45, 7) is 0. The van der Waals surface area contributed by atoms with Gasteiger partial charge in [0.15, 0.2) is 0 Å². The summed E-state index contributed by atoms with van der Waals surface area (Å²) < 4.78 is 98.0. The molecule has 0 fully saturated rings. The summed E-state index contributed by atoms with van der Waals surface area (Å²) >= 11 is 0. The Bertz CT molecular complexity index is 1160. The van der Waals surface area contributed by atoms with E-state index in [1.165, 1.54) is 0 Å². The average Bonchev–Trinajstić information content (AvgIpc) is 2.72. The molecule has 1 N–H and O–H groups in total. The Morgan fingerprint density at radius 1 is 0.969 bits per heavy atom. The SMILES string of the molecule is COc1cc(NC(=O)c2ccc(-c3ncccc3C(F)(F)F)c(F)c2)cc(C(F)(F)F)c1. The number of alkyl halides is 6. The number of hydrogen-bond acceptors (Lipinski definition) is 3. The number of carbonyl (C=O) groups excluding carboxylic acids is 1. The fraction of sp³-hybridized carbons (Fsp3) is 0.143. The standard InChI is InChI=1S/C21H13F7N2O2/c1-32-14-9-12(20(23,24)25)8-13(10-14)30-19(31)11-4-5-15(17(22)7-11)18-16(21(26,27)28)3-2-6-29-18/h2-10H,1H3,(H,30,31). The molecule has 1 aromatic heterocycles. The van der Waals surface area contributed by atoms with Crippen LogP contribution in [0.3, 0.4) is 0 Å². The van der Waals surface area contributed by atoms with E-state index in [-0.39, 0.29) is 17.0 Å². The van der Waals surface area contributed by atoms with Crippen LogP contribution in [0.1, 0.15) is 21.5 Å². The minimum Gasteiger partial charge on any atom is -0.497 e. The Morgan fingerprint density at radius 2 is 1.69 bits per heavy atom. The molecule has 0 bridgehead atoms. The van der Waals surface area contributed by atoms with Crippen LogP contribution in [0.25, 0.3) is 11.3 Å². The van der Waals surface area contributed by atoms with Crippen molar-refractivity contribution in [1.29, 1.82) is 0 Å². The van der Waals surface area contributed by atoms with Gasteiger partial charge in [-0.3, -0.25) is 9.78 Å². The van der Waals surface area contributed by atoms with E-state index < -0.39 is 46.5 Å². The molecule has 0 unspecified atom stereocenters. The summed E-state index contributed by atoms with van der Waals surface area (Å²) in [5.41, 5.74) is -3.99. The van der Waals surface area contributed by atoms with E-state index in [1.54, 1.807) is 0 Å². The van der Waals surface area contributed by atoms with Gasteiger partial charge in [-0.15, -0.1) is 0 Å². The molecule has 0 aliphatic heterocycles. The van der Waals surface area contributed by atoms with Crippen LogP contribution < -0.4 is 10.1 Å². The van der Waals surface area contributed by atoms with E-state index in [1.807, 2.05) is 0 Å². The third-order valence-corrected chi connectivity index (χ3v) is 4.33. The molecule has 0 aliphatic rings. The number of amides is 1. The van der Waals surface area contributed by atoms with Gasteiger partial charge in [-0.05, 0) is 42.5 Å². The van der Waals surface area contributed by atoms with E-state index in [2.05, 4.69) is 10.3 Å². The van der Waals surface area contributed by atoms with E-state index in [0.29, 0.717) is 12.1 Å². The first-order valence-corrected chi connectivity index (χ1v) is 8.80. The zero-order chi connectivity index (χ0) is 23.7. The molecular weight excluding hydrogens is 445 g/mol. The Hall–Kier alpha value is -3.63. The lowest BCUT2D eigenvalue weighted by molar-refractivity contribution is -0.138. The van der Waals surface area contributed by atoms with E-state index in [4.69, 9.17) is 4.74 Å². The maximum Gasteiger partial charge on any atom is 0.418 e. The molecule has 0 saturated carbocycles. The molecule has 1 heterocycles. The van der Waals surface area contributed by atoms with Crippen LogP contribution in [0.2, 0.25) is 0 Å². The van der Waals surface area contributed by atoms with Crippen molar-refractivity contribution in [2.75, 3.05) is 12.4 Å². The third-order valence-electron chi connectivity index (χ3n) is 4.33. The van der Waals surface area contributed by atoms with Gasteiger partial charge in [-0.2, -0.15) is 26.3 Å². The molecule has 0 spiro atoms. The number of methoxy groups -OCH3 is 1. The molecule has 2 aromatic carbocycles. The lowest BCUT2D eigenvalue weighted by atomic mass is 10.0. The number of benzene rings is 2. The normalized spacial score (nSPS) is 11.9. The molecule has 11 heteroatoms. The number of pyridine rings is 1. The first kappa shape index (κ1) is 23.0. The van der Waals surface area contributed by atoms with Crippen LogP contribution >= 0.6 is 0 Å². The topological polar surface area (TPSA) is 51.2 Å². The number of ether oxygens (including phenoxy) is 1. The average molecular weight is 458 g/mol. The predicted octanol–water partition coefficient (Wildman–Crippen LogP) is 6.19. The molecule has 4 nitrogen and oxygen atoms in total. The summed E-state index contributed by atoms with van der Waals surface area (Å²) in [7, 11) is 1.14. The zero-order valence-electron chi connectivity index (χ0n) is 16.1. The second-order valence-electron chi connectivity index (χ2n) is 6.49. The predicted molar refractivity (Wildman–Crippen MR) is 101 cm³/mol. The Morgan fingerprint density at radius 3 is 2.28 bits per heavy atom. The maximum atomic E-state index is 14.6. The van der Waals surface area contributed by atoms with Crippen molar-refractivity contribution in [2.45, 2.75) is 12.4 Å². The molecule has 3 aromatic rings. The number of rotatable bonds is 4. The smallest absolute Gasteiger partial charge is 0.418 e. The lowest BCUT2D eigenvalue weighted by Crippen LogP contribution is -2.14. The van der Waals surface area contributed by atoms with Crippen molar-refractivity contribution in [2.24, 2.45) is 0 Å². The first-order chi connectivity index (χ1) is 14.9. The van der Waals surface area contributed by atoms with Crippen LogP contribution in [0.5, 0.6) is 5.75 Å². The van der Waals surface area contributed by atoms with Crippen molar-refractivity contribution >= 4 is 11.6 Å². The number of carbonyl (C=O) groups is 1. The fourth-order valence-corrected chi connectivity index (χ4v) is 2.85. The molecule has 0 aliphatic carbocycles. The van der Waals surface area contributed by atoms with Crippen LogP contribution in [0.4, 0.5) is 36.4 Å². The molecule has 3 rings (SSSR count). The largest absolute Gasteiger partial charge is 0.497 e. The van der Waals surface area contributed by atoms with Crippen LogP contribution in [-0.2, 0) is 12.4 Å². The first-order valence-electron chi connectivity index (χ1n) is 8.80. The Balaban J connectivity index is 1.92. The van der Waals surface area contributed by atoms with Crippen LogP contribution in [0, 0.1) is 5.82 Å². The van der Waals surface area contributed by atoms with Gasteiger partial charge in [0.25, 0.3) is 5.91 Å². The minimum atomic E-state index is -4.78. The molecule has 0 saturated heterocycles. The lowest BCUT2D eigenvalue weighted by Gasteiger charge is -2.14. The summed E-state index contributed by atoms with van der Waals surface area (Å²) in [6, 6.07) is 6.95. The number of anilines is 1. The monoisotopic (exact) mass is 458 g/mol. The van der Waals surface area contributed by atoms with Gasteiger partial charge >= 0.3 is 12.4 Å². The molecule has 32 heavy (non-hydrogen) atoms. The quantitative estimate of drug-likeness (QED) is 0.475. The summed E-state index contributed by atoms with van der Waals surface area (Å²) in [5, 5.41) is 2.19. The van der Waals surface area contributed by atoms with Crippen molar-refractivity contribution in [3.05, 3.63) is 77.2 Å².